The predicted octanol–water partition coefficient (Wildman–Crippen LogP) is 4.64. The van der Waals surface area contributed by atoms with Crippen molar-refractivity contribution in [2.45, 2.75) is 31.3 Å². The molecule has 1 aromatic heterocycles. The summed E-state index contributed by atoms with van der Waals surface area (Å²) in [6.45, 7) is 3.43. The van der Waals surface area contributed by atoms with Gasteiger partial charge in [0.05, 0.1) is 11.6 Å². The fraction of sp³-hybridized carbons (Fsp3) is 0.222. The molecular weight excluding hydrogens is 409 g/mol. The van der Waals surface area contributed by atoms with E-state index in [0.29, 0.717) is 5.89 Å². The molecule has 0 saturated carbocycles. The minimum atomic E-state index is -3.92. The fourth-order valence-electron chi connectivity index (χ4n) is 2.49. The highest BCUT2D eigenvalue weighted by molar-refractivity contribution is 7.89. The van der Waals surface area contributed by atoms with Crippen molar-refractivity contribution in [3.8, 4) is 11.5 Å². The van der Waals surface area contributed by atoms with Crippen molar-refractivity contribution in [2.24, 2.45) is 0 Å². The average Bonchev–Trinajstić information content (AvgIpc) is 3.11. The van der Waals surface area contributed by atoms with Gasteiger partial charge in [-0.1, -0.05) is 41.4 Å². The van der Waals surface area contributed by atoms with Crippen molar-refractivity contribution >= 4 is 33.2 Å². The number of aromatic nitrogens is 2. The summed E-state index contributed by atoms with van der Waals surface area (Å²) < 4.78 is 33.1. The molecule has 6 nitrogen and oxygen atoms in total. The number of sulfonamides is 1. The molecule has 9 heteroatoms. The molecule has 0 aliphatic carbocycles. The highest BCUT2D eigenvalue weighted by Crippen LogP contribution is 2.30. The van der Waals surface area contributed by atoms with E-state index in [9.17, 15) is 8.42 Å². The SMILES string of the molecule is CC(C)N(Cc1nnc(-c2ccccc2)o1)S(=O)(=O)c1cc(Cl)ccc1Cl. The lowest BCUT2D eigenvalue weighted by Gasteiger charge is -2.25. The second-order valence-electron chi connectivity index (χ2n) is 6.09. The second-order valence-corrected chi connectivity index (χ2v) is 8.79. The van der Waals surface area contributed by atoms with Crippen LogP contribution in [0.2, 0.25) is 10.0 Å². The summed E-state index contributed by atoms with van der Waals surface area (Å²) in [5, 5.41) is 8.36. The van der Waals surface area contributed by atoms with Gasteiger partial charge in [0.1, 0.15) is 4.90 Å². The molecule has 3 aromatic rings. The van der Waals surface area contributed by atoms with Gasteiger partial charge in [-0.15, -0.1) is 10.2 Å². The summed E-state index contributed by atoms with van der Waals surface area (Å²) in [6, 6.07) is 13.2. The summed E-state index contributed by atoms with van der Waals surface area (Å²) in [4.78, 5) is -0.0619. The molecule has 2 aromatic carbocycles. The van der Waals surface area contributed by atoms with Crippen molar-refractivity contribution in [1.82, 2.24) is 14.5 Å². The Morgan fingerprint density at radius 1 is 1.07 bits per heavy atom. The Hall–Kier alpha value is -1.93. The lowest BCUT2D eigenvalue weighted by molar-refractivity contribution is 0.313. The van der Waals surface area contributed by atoms with Gasteiger partial charge in [0.2, 0.25) is 21.8 Å². The molecule has 0 atom stereocenters. The van der Waals surface area contributed by atoms with E-state index in [1.807, 2.05) is 30.3 Å². The Morgan fingerprint density at radius 2 is 1.78 bits per heavy atom. The standard InChI is InChI=1S/C18H17Cl2N3O3S/c1-12(2)23(27(24,25)16-10-14(19)8-9-15(16)20)11-17-21-22-18(26-17)13-6-4-3-5-7-13/h3-10,12H,11H2,1-2H3. The molecule has 142 valence electrons. The first-order valence-electron chi connectivity index (χ1n) is 8.13. The summed E-state index contributed by atoms with van der Waals surface area (Å²) in [5.74, 6) is 0.511. The summed E-state index contributed by atoms with van der Waals surface area (Å²) in [6.07, 6.45) is 0. The number of benzene rings is 2. The highest BCUT2D eigenvalue weighted by atomic mass is 35.5. The van der Waals surface area contributed by atoms with Crippen molar-refractivity contribution in [3.05, 3.63) is 64.5 Å². The smallest absolute Gasteiger partial charge is 0.247 e. The van der Waals surface area contributed by atoms with Crippen LogP contribution in [0.15, 0.2) is 57.8 Å². The van der Waals surface area contributed by atoms with E-state index in [1.165, 1.54) is 22.5 Å². The molecule has 0 amide bonds. The van der Waals surface area contributed by atoms with Crippen LogP contribution in [0.5, 0.6) is 0 Å². The van der Waals surface area contributed by atoms with Crippen molar-refractivity contribution in [1.29, 1.82) is 0 Å². The molecule has 0 fully saturated rings. The van der Waals surface area contributed by atoms with Crippen LogP contribution >= 0.6 is 23.2 Å². The van der Waals surface area contributed by atoms with Gasteiger partial charge in [0.25, 0.3) is 0 Å². The summed E-state index contributed by atoms with van der Waals surface area (Å²) in [5.41, 5.74) is 0.757. The minimum Gasteiger partial charge on any atom is -0.419 e. The molecule has 0 radical (unpaired) electrons. The summed E-state index contributed by atoms with van der Waals surface area (Å²) in [7, 11) is -3.92. The first kappa shape index (κ1) is 19.8. The lowest BCUT2D eigenvalue weighted by atomic mass is 10.2. The van der Waals surface area contributed by atoms with Gasteiger partial charge < -0.3 is 4.42 Å². The topological polar surface area (TPSA) is 76.3 Å². The molecule has 1 heterocycles. The zero-order valence-corrected chi connectivity index (χ0v) is 17.0. The van der Waals surface area contributed by atoms with Crippen molar-refractivity contribution in [3.63, 3.8) is 0 Å². The van der Waals surface area contributed by atoms with E-state index in [4.69, 9.17) is 27.6 Å². The molecule has 0 N–H and O–H groups in total. The van der Waals surface area contributed by atoms with E-state index >= 15 is 0 Å². The fourth-order valence-corrected chi connectivity index (χ4v) is 4.82. The number of hydrogen-bond acceptors (Lipinski definition) is 5. The maximum Gasteiger partial charge on any atom is 0.247 e. The monoisotopic (exact) mass is 425 g/mol. The largest absolute Gasteiger partial charge is 0.419 e. The highest BCUT2D eigenvalue weighted by Gasteiger charge is 2.31. The third-order valence-electron chi connectivity index (χ3n) is 3.83. The van der Waals surface area contributed by atoms with Crippen LogP contribution in [0.1, 0.15) is 19.7 Å². The van der Waals surface area contributed by atoms with Crippen LogP contribution in [-0.4, -0.2) is 29.0 Å². The van der Waals surface area contributed by atoms with E-state index < -0.39 is 10.0 Å². The van der Waals surface area contributed by atoms with Crippen LogP contribution in [0.4, 0.5) is 0 Å². The van der Waals surface area contributed by atoms with Crippen LogP contribution in [0.3, 0.4) is 0 Å². The minimum absolute atomic E-state index is 0.0619. The Bertz CT molecular complexity index is 1040. The number of nitrogens with zero attached hydrogens (tertiary/aromatic N) is 3. The maximum absolute atomic E-state index is 13.1. The Balaban J connectivity index is 1.93. The van der Waals surface area contributed by atoms with Crippen molar-refractivity contribution < 1.29 is 12.8 Å². The number of halogens is 2. The first-order valence-corrected chi connectivity index (χ1v) is 10.3. The molecule has 0 aliphatic rings. The quantitative estimate of drug-likeness (QED) is 0.574. The third-order valence-corrected chi connectivity index (χ3v) is 6.57. The van der Waals surface area contributed by atoms with Gasteiger partial charge in [-0.05, 0) is 44.2 Å². The van der Waals surface area contributed by atoms with Gasteiger partial charge >= 0.3 is 0 Å². The van der Waals surface area contributed by atoms with E-state index in [1.54, 1.807) is 13.8 Å². The summed E-state index contributed by atoms with van der Waals surface area (Å²) >= 11 is 12.1. The average molecular weight is 426 g/mol. The zero-order valence-electron chi connectivity index (χ0n) is 14.6. The van der Waals surface area contributed by atoms with Crippen molar-refractivity contribution in [2.75, 3.05) is 0 Å². The molecule has 0 aliphatic heterocycles. The van der Waals surface area contributed by atoms with Crippen LogP contribution in [-0.2, 0) is 16.6 Å². The molecule has 0 bridgehead atoms. The van der Waals surface area contributed by atoms with Crippen LogP contribution in [0.25, 0.3) is 11.5 Å². The maximum atomic E-state index is 13.1. The number of hydrogen-bond donors (Lipinski definition) is 0. The van der Waals surface area contributed by atoms with E-state index in [0.717, 1.165) is 5.56 Å². The molecule has 27 heavy (non-hydrogen) atoms. The molecule has 0 spiro atoms. The first-order chi connectivity index (χ1) is 12.8. The second kappa shape index (κ2) is 7.98. The predicted molar refractivity (Wildman–Crippen MR) is 104 cm³/mol. The molecule has 0 saturated heterocycles. The Kier molecular flexibility index (Phi) is 5.86. The van der Waals surface area contributed by atoms with E-state index in [-0.39, 0.29) is 33.4 Å². The molecule has 0 unspecified atom stereocenters. The third kappa shape index (κ3) is 4.32. The normalized spacial score (nSPS) is 12.1. The molecular formula is C18H17Cl2N3O3S. The van der Waals surface area contributed by atoms with E-state index in [2.05, 4.69) is 10.2 Å². The lowest BCUT2D eigenvalue weighted by Crippen LogP contribution is -2.36. The van der Waals surface area contributed by atoms with Crippen LogP contribution < -0.4 is 0 Å². The molecule has 3 rings (SSSR count). The zero-order chi connectivity index (χ0) is 19.6. The van der Waals surface area contributed by atoms with Gasteiger partial charge in [0.15, 0.2) is 0 Å². The Labute approximate surface area is 167 Å². The van der Waals surface area contributed by atoms with Gasteiger partial charge in [-0.25, -0.2) is 8.42 Å². The Morgan fingerprint density at radius 3 is 2.44 bits per heavy atom. The van der Waals surface area contributed by atoms with Gasteiger partial charge in [0, 0.05) is 16.6 Å². The van der Waals surface area contributed by atoms with Crippen LogP contribution in [0, 0.1) is 0 Å². The number of rotatable bonds is 6. The van der Waals surface area contributed by atoms with Gasteiger partial charge in [-0.3, -0.25) is 0 Å². The van der Waals surface area contributed by atoms with Gasteiger partial charge in [-0.2, -0.15) is 4.31 Å².